The number of halogens is 3. The second-order valence-electron chi connectivity index (χ2n) is 5.14. The summed E-state index contributed by atoms with van der Waals surface area (Å²) in [6.45, 7) is 4.49. The predicted octanol–water partition coefficient (Wildman–Crippen LogP) is 3.27. The van der Waals surface area contributed by atoms with Gasteiger partial charge in [-0.15, -0.1) is 0 Å². The van der Waals surface area contributed by atoms with Gasteiger partial charge in [0.05, 0.1) is 18.6 Å². The van der Waals surface area contributed by atoms with Crippen LogP contribution in [0.4, 0.5) is 13.2 Å². The molecule has 17 heavy (non-hydrogen) atoms. The molecule has 1 aliphatic carbocycles. The summed E-state index contributed by atoms with van der Waals surface area (Å²) in [5, 5.41) is 3.27. The molecule has 0 aromatic carbocycles. The maximum absolute atomic E-state index is 12.1. The number of ether oxygens (including phenoxy) is 1. The van der Waals surface area contributed by atoms with E-state index < -0.39 is 12.6 Å². The molecule has 5 heteroatoms. The molecule has 0 saturated heterocycles. The number of hydrogen-bond acceptors (Lipinski definition) is 2. The maximum Gasteiger partial charge on any atom is 0.391 e. The quantitative estimate of drug-likeness (QED) is 0.784. The van der Waals surface area contributed by atoms with Crippen LogP contribution in [0.25, 0.3) is 0 Å². The monoisotopic (exact) mass is 253 g/mol. The number of rotatable bonds is 6. The SMILES string of the molecule is CC(C)NCC1(OCCC(F)(F)F)CCCC1. The molecule has 0 spiro atoms. The second-order valence-corrected chi connectivity index (χ2v) is 5.14. The van der Waals surface area contributed by atoms with Gasteiger partial charge >= 0.3 is 6.18 Å². The number of nitrogens with one attached hydrogen (secondary N) is 1. The van der Waals surface area contributed by atoms with E-state index in [2.05, 4.69) is 5.32 Å². The van der Waals surface area contributed by atoms with Crippen LogP contribution in [0.2, 0.25) is 0 Å². The van der Waals surface area contributed by atoms with E-state index in [0.29, 0.717) is 12.6 Å². The minimum atomic E-state index is -4.12. The van der Waals surface area contributed by atoms with Crippen molar-refractivity contribution in [3.63, 3.8) is 0 Å². The van der Waals surface area contributed by atoms with E-state index in [0.717, 1.165) is 25.7 Å². The highest BCUT2D eigenvalue weighted by molar-refractivity contribution is 4.89. The van der Waals surface area contributed by atoms with Crippen molar-refractivity contribution in [2.45, 2.75) is 63.8 Å². The smallest absolute Gasteiger partial charge is 0.373 e. The third-order valence-corrected chi connectivity index (χ3v) is 3.14. The minimum Gasteiger partial charge on any atom is -0.373 e. The molecule has 0 bridgehead atoms. The molecule has 1 saturated carbocycles. The lowest BCUT2D eigenvalue weighted by Gasteiger charge is -2.31. The van der Waals surface area contributed by atoms with Crippen molar-refractivity contribution in [3.05, 3.63) is 0 Å². The highest BCUT2D eigenvalue weighted by Gasteiger charge is 2.36. The number of alkyl halides is 3. The van der Waals surface area contributed by atoms with Crippen molar-refractivity contribution < 1.29 is 17.9 Å². The summed E-state index contributed by atoms with van der Waals surface area (Å²) in [5.74, 6) is 0. The lowest BCUT2D eigenvalue weighted by Crippen LogP contribution is -2.43. The molecule has 0 radical (unpaired) electrons. The summed E-state index contributed by atoms with van der Waals surface area (Å²) in [6, 6.07) is 0.332. The third kappa shape index (κ3) is 5.73. The molecule has 2 nitrogen and oxygen atoms in total. The molecule has 1 fully saturated rings. The first-order valence-corrected chi connectivity index (χ1v) is 6.27. The number of hydrogen-bond donors (Lipinski definition) is 1. The second kappa shape index (κ2) is 6.05. The van der Waals surface area contributed by atoms with Gasteiger partial charge in [-0.2, -0.15) is 13.2 Å². The van der Waals surface area contributed by atoms with Crippen LogP contribution in [0.3, 0.4) is 0 Å². The van der Waals surface area contributed by atoms with Gasteiger partial charge in [-0.1, -0.05) is 26.7 Å². The summed E-state index contributed by atoms with van der Waals surface area (Å²) < 4.78 is 41.8. The van der Waals surface area contributed by atoms with Crippen molar-refractivity contribution in [1.29, 1.82) is 0 Å². The van der Waals surface area contributed by atoms with Crippen LogP contribution in [0, 0.1) is 0 Å². The molecule has 1 aliphatic rings. The van der Waals surface area contributed by atoms with Crippen molar-refractivity contribution in [2.75, 3.05) is 13.2 Å². The van der Waals surface area contributed by atoms with E-state index in [1.807, 2.05) is 13.8 Å². The fourth-order valence-electron chi connectivity index (χ4n) is 2.16. The Morgan fingerprint density at radius 1 is 1.24 bits per heavy atom. The Morgan fingerprint density at radius 2 is 1.82 bits per heavy atom. The Bertz CT molecular complexity index is 222. The third-order valence-electron chi connectivity index (χ3n) is 3.14. The van der Waals surface area contributed by atoms with Gasteiger partial charge in [0.2, 0.25) is 0 Å². The Morgan fingerprint density at radius 3 is 2.29 bits per heavy atom. The van der Waals surface area contributed by atoms with Crippen molar-refractivity contribution in [2.24, 2.45) is 0 Å². The van der Waals surface area contributed by atoms with E-state index in [-0.39, 0.29) is 12.2 Å². The van der Waals surface area contributed by atoms with Crippen LogP contribution < -0.4 is 5.32 Å². The van der Waals surface area contributed by atoms with Gasteiger partial charge in [-0.3, -0.25) is 0 Å². The molecular formula is C12H22F3NO. The largest absolute Gasteiger partial charge is 0.391 e. The summed E-state index contributed by atoms with van der Waals surface area (Å²) in [6.07, 6.45) is -1.14. The van der Waals surface area contributed by atoms with Crippen molar-refractivity contribution in [3.8, 4) is 0 Å². The van der Waals surface area contributed by atoms with Crippen LogP contribution in [0.1, 0.15) is 46.0 Å². The van der Waals surface area contributed by atoms with E-state index in [1.54, 1.807) is 0 Å². The lowest BCUT2D eigenvalue weighted by molar-refractivity contribution is -0.157. The molecule has 0 aliphatic heterocycles. The fourth-order valence-corrected chi connectivity index (χ4v) is 2.16. The summed E-state index contributed by atoms with van der Waals surface area (Å²) >= 11 is 0. The molecule has 1 N–H and O–H groups in total. The van der Waals surface area contributed by atoms with Gasteiger partial charge in [0.25, 0.3) is 0 Å². The Balaban J connectivity index is 2.37. The van der Waals surface area contributed by atoms with Gasteiger partial charge in [-0.05, 0) is 12.8 Å². The van der Waals surface area contributed by atoms with Crippen molar-refractivity contribution in [1.82, 2.24) is 5.32 Å². The van der Waals surface area contributed by atoms with Crippen LogP contribution in [0.5, 0.6) is 0 Å². The lowest BCUT2D eigenvalue weighted by atomic mass is 10.0. The molecule has 0 amide bonds. The highest BCUT2D eigenvalue weighted by Crippen LogP contribution is 2.33. The molecule has 0 aromatic rings. The van der Waals surface area contributed by atoms with Gasteiger partial charge in [0.15, 0.2) is 0 Å². The summed E-state index contributed by atoms with van der Waals surface area (Å²) in [5.41, 5.74) is -0.366. The van der Waals surface area contributed by atoms with Gasteiger partial charge in [-0.25, -0.2) is 0 Å². The molecule has 0 atom stereocenters. The van der Waals surface area contributed by atoms with Gasteiger partial charge in [0.1, 0.15) is 0 Å². The zero-order valence-corrected chi connectivity index (χ0v) is 10.6. The van der Waals surface area contributed by atoms with E-state index in [9.17, 15) is 13.2 Å². The highest BCUT2D eigenvalue weighted by atomic mass is 19.4. The van der Waals surface area contributed by atoms with Gasteiger partial charge in [0, 0.05) is 12.6 Å². The first-order chi connectivity index (χ1) is 7.83. The summed E-state index contributed by atoms with van der Waals surface area (Å²) in [4.78, 5) is 0. The van der Waals surface area contributed by atoms with Gasteiger partial charge < -0.3 is 10.1 Å². The summed E-state index contributed by atoms with van der Waals surface area (Å²) in [7, 11) is 0. The molecule has 1 rings (SSSR count). The average molecular weight is 253 g/mol. The Kier molecular flexibility index (Phi) is 5.25. The molecule has 0 unspecified atom stereocenters. The van der Waals surface area contributed by atoms with Crippen LogP contribution in [0.15, 0.2) is 0 Å². The van der Waals surface area contributed by atoms with E-state index in [4.69, 9.17) is 4.74 Å². The Labute approximate surface area is 101 Å². The van der Waals surface area contributed by atoms with Crippen molar-refractivity contribution >= 4 is 0 Å². The minimum absolute atomic E-state index is 0.219. The fraction of sp³-hybridized carbons (Fsp3) is 1.00. The standard InChI is InChI=1S/C12H22F3NO/c1-10(2)16-9-11(5-3-4-6-11)17-8-7-12(13,14)15/h10,16H,3-9H2,1-2H3. The van der Waals surface area contributed by atoms with Crippen LogP contribution in [-0.4, -0.2) is 31.0 Å². The molecule has 0 aromatic heterocycles. The van der Waals surface area contributed by atoms with E-state index >= 15 is 0 Å². The zero-order chi connectivity index (χ0) is 12.9. The topological polar surface area (TPSA) is 21.3 Å². The molecule has 0 heterocycles. The molecular weight excluding hydrogens is 231 g/mol. The predicted molar refractivity (Wildman–Crippen MR) is 61.0 cm³/mol. The molecule has 102 valence electrons. The van der Waals surface area contributed by atoms with Crippen LogP contribution >= 0.6 is 0 Å². The first-order valence-electron chi connectivity index (χ1n) is 6.27. The normalized spacial score (nSPS) is 20.1. The average Bonchev–Trinajstić information content (AvgIpc) is 2.62. The Hall–Kier alpha value is -0.290. The first kappa shape index (κ1) is 14.8. The maximum atomic E-state index is 12.1. The van der Waals surface area contributed by atoms with E-state index in [1.165, 1.54) is 0 Å². The zero-order valence-electron chi connectivity index (χ0n) is 10.6. The van der Waals surface area contributed by atoms with Crippen LogP contribution in [-0.2, 0) is 4.74 Å².